The molecule has 0 aliphatic carbocycles. The number of hydrogen-bond acceptors (Lipinski definition) is 3. The molecule has 0 radical (unpaired) electrons. The van der Waals surface area contributed by atoms with Gasteiger partial charge in [0.15, 0.2) is 0 Å². The molecule has 1 rings (SSSR count). The number of nitrogens with zero attached hydrogens (tertiary/aromatic N) is 1. The zero-order valence-electron chi connectivity index (χ0n) is 6.57. The first-order chi connectivity index (χ1) is 5.77. The maximum absolute atomic E-state index is 8.75. The van der Waals surface area contributed by atoms with Crippen LogP contribution in [0.15, 0.2) is 18.3 Å². The summed E-state index contributed by atoms with van der Waals surface area (Å²) in [6, 6.07) is 3.06. The van der Waals surface area contributed by atoms with Crippen LogP contribution in [0.4, 0.5) is 0 Å². The number of hydrogen-bond donors (Lipinski definition) is 2. The molecular formula is C9H10N2O. The second-order valence-corrected chi connectivity index (χ2v) is 2.41. The summed E-state index contributed by atoms with van der Waals surface area (Å²) in [6.45, 7) is -0.0893. The summed E-state index contributed by atoms with van der Waals surface area (Å²) >= 11 is 0. The van der Waals surface area contributed by atoms with Gasteiger partial charge in [0.25, 0.3) is 0 Å². The molecule has 0 aromatic carbocycles. The number of aliphatic hydroxyl groups is 1. The minimum Gasteiger partial charge on any atom is -0.394 e. The van der Waals surface area contributed by atoms with Crippen LogP contribution in [0.3, 0.4) is 0 Å². The van der Waals surface area contributed by atoms with Crippen LogP contribution in [0, 0.1) is 12.3 Å². The third-order valence-electron chi connectivity index (χ3n) is 1.56. The number of aliphatic hydroxyl groups excluding tert-OH is 1. The van der Waals surface area contributed by atoms with Gasteiger partial charge in [-0.15, -0.1) is 6.42 Å². The lowest BCUT2D eigenvalue weighted by Gasteiger charge is -2.07. The van der Waals surface area contributed by atoms with E-state index >= 15 is 0 Å². The molecule has 0 aliphatic heterocycles. The van der Waals surface area contributed by atoms with Crippen molar-refractivity contribution < 1.29 is 5.11 Å². The van der Waals surface area contributed by atoms with Gasteiger partial charge in [0.05, 0.1) is 12.6 Å². The van der Waals surface area contributed by atoms with Gasteiger partial charge in [0.1, 0.15) is 5.69 Å². The van der Waals surface area contributed by atoms with Gasteiger partial charge < -0.3 is 10.8 Å². The number of aromatic nitrogens is 1. The second kappa shape index (κ2) is 3.86. The predicted molar refractivity (Wildman–Crippen MR) is 46.2 cm³/mol. The Morgan fingerprint density at radius 3 is 3.08 bits per heavy atom. The van der Waals surface area contributed by atoms with E-state index in [4.69, 9.17) is 17.3 Å². The lowest BCUT2D eigenvalue weighted by Crippen LogP contribution is -2.14. The van der Waals surface area contributed by atoms with E-state index in [1.807, 2.05) is 0 Å². The summed E-state index contributed by atoms with van der Waals surface area (Å²) in [5, 5.41) is 8.75. The predicted octanol–water partition coefficient (Wildman–Crippen LogP) is 0.0550. The SMILES string of the molecule is C#Cc1cc([C@@H](N)CO)ccn1. The molecule has 62 valence electrons. The lowest BCUT2D eigenvalue weighted by atomic mass is 10.1. The Balaban J connectivity index is 2.95. The molecule has 0 unspecified atom stereocenters. The maximum Gasteiger partial charge on any atom is 0.113 e. The van der Waals surface area contributed by atoms with Crippen molar-refractivity contribution in [2.75, 3.05) is 6.61 Å². The first kappa shape index (κ1) is 8.72. The highest BCUT2D eigenvalue weighted by Gasteiger charge is 2.03. The molecule has 0 bridgehead atoms. The quantitative estimate of drug-likeness (QED) is 0.604. The fraction of sp³-hybridized carbons (Fsp3) is 0.222. The van der Waals surface area contributed by atoms with Crippen LogP contribution in [0.5, 0.6) is 0 Å². The van der Waals surface area contributed by atoms with Crippen molar-refractivity contribution in [2.45, 2.75) is 6.04 Å². The zero-order valence-corrected chi connectivity index (χ0v) is 6.57. The minimum atomic E-state index is -0.375. The van der Waals surface area contributed by atoms with Crippen LogP contribution in [-0.2, 0) is 0 Å². The van der Waals surface area contributed by atoms with Gasteiger partial charge >= 0.3 is 0 Å². The van der Waals surface area contributed by atoms with E-state index in [0.717, 1.165) is 5.56 Å². The normalized spacial score (nSPS) is 12.1. The van der Waals surface area contributed by atoms with E-state index in [2.05, 4.69) is 10.9 Å². The van der Waals surface area contributed by atoms with Gasteiger partial charge in [0, 0.05) is 6.20 Å². The Morgan fingerprint density at radius 1 is 1.75 bits per heavy atom. The van der Waals surface area contributed by atoms with E-state index < -0.39 is 0 Å². The molecule has 12 heavy (non-hydrogen) atoms. The molecule has 0 saturated carbocycles. The van der Waals surface area contributed by atoms with Crippen molar-refractivity contribution in [1.29, 1.82) is 0 Å². The highest BCUT2D eigenvalue weighted by atomic mass is 16.3. The third-order valence-corrected chi connectivity index (χ3v) is 1.56. The van der Waals surface area contributed by atoms with Crippen molar-refractivity contribution in [3.8, 4) is 12.3 Å². The third kappa shape index (κ3) is 1.82. The van der Waals surface area contributed by atoms with Crippen molar-refractivity contribution in [3.63, 3.8) is 0 Å². The van der Waals surface area contributed by atoms with E-state index in [9.17, 15) is 0 Å². The second-order valence-electron chi connectivity index (χ2n) is 2.41. The minimum absolute atomic E-state index is 0.0893. The molecular weight excluding hydrogens is 152 g/mol. The Hall–Kier alpha value is -1.37. The van der Waals surface area contributed by atoms with Gasteiger partial charge in [-0.2, -0.15) is 0 Å². The summed E-state index contributed by atoms with van der Waals surface area (Å²) in [5.41, 5.74) is 6.92. The average Bonchev–Trinajstić information content (AvgIpc) is 2.17. The smallest absolute Gasteiger partial charge is 0.113 e. The molecule has 3 N–H and O–H groups in total. The van der Waals surface area contributed by atoms with Gasteiger partial charge in [-0.3, -0.25) is 0 Å². The summed E-state index contributed by atoms with van der Waals surface area (Å²) < 4.78 is 0. The largest absolute Gasteiger partial charge is 0.394 e. The van der Waals surface area contributed by atoms with E-state index in [1.165, 1.54) is 0 Å². The molecule has 1 aromatic rings. The van der Waals surface area contributed by atoms with E-state index in [0.29, 0.717) is 5.69 Å². The van der Waals surface area contributed by atoms with Crippen LogP contribution < -0.4 is 5.73 Å². The molecule has 0 amide bonds. The van der Waals surface area contributed by atoms with Crippen LogP contribution in [-0.4, -0.2) is 16.7 Å². The molecule has 3 nitrogen and oxygen atoms in total. The molecule has 0 saturated heterocycles. The number of pyridine rings is 1. The van der Waals surface area contributed by atoms with Crippen LogP contribution >= 0.6 is 0 Å². The summed E-state index contributed by atoms with van der Waals surface area (Å²) in [7, 11) is 0. The van der Waals surface area contributed by atoms with Gasteiger partial charge in [-0.1, -0.05) is 5.92 Å². The Bertz CT molecular complexity index is 304. The summed E-state index contributed by atoms with van der Waals surface area (Å²) in [4.78, 5) is 3.90. The van der Waals surface area contributed by atoms with Crippen LogP contribution in [0.2, 0.25) is 0 Å². The summed E-state index contributed by atoms with van der Waals surface area (Å²) in [6.07, 6.45) is 6.73. The standard InChI is InChI=1S/C9H10N2O/c1-2-8-5-7(3-4-11-8)9(10)6-12/h1,3-5,9,12H,6,10H2/t9-/m0/s1. The Labute approximate surface area is 71.2 Å². The molecule has 3 heteroatoms. The topological polar surface area (TPSA) is 59.1 Å². The van der Waals surface area contributed by atoms with Crippen molar-refractivity contribution in [1.82, 2.24) is 4.98 Å². The van der Waals surface area contributed by atoms with Gasteiger partial charge in [-0.25, -0.2) is 4.98 Å². The Kier molecular flexibility index (Phi) is 2.81. The van der Waals surface area contributed by atoms with Crippen molar-refractivity contribution in [2.24, 2.45) is 5.73 Å². The average molecular weight is 162 g/mol. The first-order valence-electron chi connectivity index (χ1n) is 3.57. The molecule has 0 spiro atoms. The Morgan fingerprint density at radius 2 is 2.50 bits per heavy atom. The molecule has 0 aliphatic rings. The molecule has 1 atom stereocenters. The molecule has 1 aromatic heterocycles. The van der Waals surface area contributed by atoms with Crippen LogP contribution in [0.25, 0.3) is 0 Å². The summed E-state index contributed by atoms with van der Waals surface area (Å²) in [5.74, 6) is 2.40. The fourth-order valence-corrected chi connectivity index (χ4v) is 0.862. The number of nitrogens with two attached hydrogens (primary N) is 1. The molecule has 0 fully saturated rings. The van der Waals surface area contributed by atoms with E-state index in [1.54, 1.807) is 18.3 Å². The molecule has 1 heterocycles. The zero-order chi connectivity index (χ0) is 8.97. The van der Waals surface area contributed by atoms with Gasteiger partial charge in [0.2, 0.25) is 0 Å². The first-order valence-corrected chi connectivity index (χ1v) is 3.57. The van der Waals surface area contributed by atoms with E-state index in [-0.39, 0.29) is 12.6 Å². The van der Waals surface area contributed by atoms with Crippen LogP contribution in [0.1, 0.15) is 17.3 Å². The number of terminal acetylenes is 1. The number of rotatable bonds is 2. The highest BCUT2D eigenvalue weighted by Crippen LogP contribution is 2.08. The fourth-order valence-electron chi connectivity index (χ4n) is 0.862. The van der Waals surface area contributed by atoms with Crippen molar-refractivity contribution >= 4 is 0 Å². The lowest BCUT2D eigenvalue weighted by molar-refractivity contribution is 0.268. The monoisotopic (exact) mass is 162 g/mol. The highest BCUT2D eigenvalue weighted by molar-refractivity contribution is 5.29. The maximum atomic E-state index is 8.75. The van der Waals surface area contributed by atoms with Gasteiger partial charge in [-0.05, 0) is 17.7 Å². The van der Waals surface area contributed by atoms with Crippen molar-refractivity contribution in [3.05, 3.63) is 29.6 Å².